The maximum Gasteiger partial charge on any atom is 0.209 e. The van der Waals surface area contributed by atoms with Gasteiger partial charge in [-0.1, -0.05) is 80.6 Å². The molecule has 0 amide bonds. The third-order valence-electron chi connectivity index (χ3n) is 6.03. The lowest BCUT2D eigenvalue weighted by atomic mass is 9.88. The molecule has 0 unspecified atom stereocenters. The van der Waals surface area contributed by atoms with Crippen LogP contribution in [0.25, 0.3) is 11.0 Å². The highest BCUT2D eigenvalue weighted by atomic mass is 16.1. The summed E-state index contributed by atoms with van der Waals surface area (Å²) in [6.07, 6.45) is 0. The Bertz CT molecular complexity index is 1300. The molecule has 4 heteroatoms. The molecular formula is C27H25N3O. The van der Waals surface area contributed by atoms with Crippen LogP contribution >= 0.6 is 0 Å². The van der Waals surface area contributed by atoms with Crippen molar-refractivity contribution < 1.29 is 4.79 Å². The molecule has 0 fully saturated rings. The topological polar surface area (TPSA) is 46.9 Å². The fourth-order valence-corrected chi connectivity index (χ4v) is 4.38. The lowest BCUT2D eigenvalue weighted by molar-refractivity contribution is 0.102. The number of aromatic nitrogens is 2. The van der Waals surface area contributed by atoms with E-state index < -0.39 is 0 Å². The molecule has 4 aromatic rings. The van der Waals surface area contributed by atoms with E-state index in [0.29, 0.717) is 11.5 Å². The lowest BCUT2D eigenvalue weighted by Crippen LogP contribution is -2.28. The van der Waals surface area contributed by atoms with Crippen LogP contribution in [0.5, 0.6) is 0 Å². The predicted octanol–water partition coefficient (Wildman–Crippen LogP) is 6.33. The minimum atomic E-state index is -0.252. The minimum absolute atomic E-state index is 0.0342. The molecule has 31 heavy (non-hydrogen) atoms. The molecule has 1 aliphatic rings. The maximum absolute atomic E-state index is 13.7. The van der Waals surface area contributed by atoms with Gasteiger partial charge in [0.15, 0.2) is 5.78 Å². The Morgan fingerprint density at radius 3 is 2.32 bits per heavy atom. The smallest absolute Gasteiger partial charge is 0.209 e. The number of imidazole rings is 1. The summed E-state index contributed by atoms with van der Waals surface area (Å²) in [7, 11) is 0. The number of nitrogens with one attached hydrogen (secondary N) is 1. The molecule has 5 rings (SSSR count). The van der Waals surface area contributed by atoms with Gasteiger partial charge in [-0.05, 0) is 36.1 Å². The van der Waals surface area contributed by atoms with Crippen molar-refractivity contribution in [2.75, 3.05) is 5.32 Å². The zero-order chi connectivity index (χ0) is 21.5. The zero-order valence-corrected chi connectivity index (χ0v) is 18.0. The normalized spacial score (nSPS) is 15.8. The lowest BCUT2D eigenvalue weighted by Gasteiger charge is -2.31. The van der Waals surface area contributed by atoms with Crippen molar-refractivity contribution >= 4 is 22.8 Å². The number of allylic oxidation sites excluding steroid dienone is 2. The Hall–Kier alpha value is -3.66. The van der Waals surface area contributed by atoms with Crippen LogP contribution in [0.1, 0.15) is 54.2 Å². The molecule has 1 atom stereocenters. The van der Waals surface area contributed by atoms with Crippen molar-refractivity contribution in [3.05, 3.63) is 107 Å². The molecule has 1 aliphatic heterocycles. The van der Waals surface area contributed by atoms with Gasteiger partial charge in [0, 0.05) is 16.8 Å². The fraction of sp³-hybridized carbons (Fsp3) is 0.185. The number of Topliss-reactive ketones (excluding diaryl/α,β-unsaturated/α-hetero) is 1. The van der Waals surface area contributed by atoms with Gasteiger partial charge in [0.05, 0.1) is 17.1 Å². The fourth-order valence-electron chi connectivity index (χ4n) is 4.38. The van der Waals surface area contributed by atoms with E-state index in [1.807, 2.05) is 55.5 Å². The summed E-state index contributed by atoms with van der Waals surface area (Å²) in [4.78, 5) is 18.5. The van der Waals surface area contributed by atoms with Crippen molar-refractivity contribution in [1.82, 2.24) is 9.55 Å². The van der Waals surface area contributed by atoms with E-state index in [-0.39, 0.29) is 11.8 Å². The number of rotatable bonds is 4. The van der Waals surface area contributed by atoms with E-state index >= 15 is 0 Å². The third kappa shape index (κ3) is 3.25. The highest BCUT2D eigenvalue weighted by Crippen LogP contribution is 2.40. The molecule has 3 aromatic carbocycles. The van der Waals surface area contributed by atoms with Gasteiger partial charge in [-0.15, -0.1) is 0 Å². The first-order valence-corrected chi connectivity index (χ1v) is 10.7. The summed E-state index contributed by atoms with van der Waals surface area (Å²) >= 11 is 0. The number of carbonyl (C=O) groups excluding carboxylic acids is 1. The summed E-state index contributed by atoms with van der Waals surface area (Å²) in [5, 5.41) is 3.39. The Morgan fingerprint density at radius 1 is 0.935 bits per heavy atom. The minimum Gasteiger partial charge on any atom is -0.329 e. The van der Waals surface area contributed by atoms with Gasteiger partial charge in [0.1, 0.15) is 0 Å². The van der Waals surface area contributed by atoms with Crippen LogP contribution in [0.3, 0.4) is 0 Å². The van der Waals surface area contributed by atoms with E-state index in [2.05, 4.69) is 54.1 Å². The van der Waals surface area contributed by atoms with Gasteiger partial charge >= 0.3 is 0 Å². The first-order valence-electron chi connectivity index (χ1n) is 10.7. The average Bonchev–Trinajstić information content (AvgIpc) is 3.16. The Labute approximate surface area is 182 Å². The number of fused-ring (bicyclic) bond motifs is 3. The van der Waals surface area contributed by atoms with Crippen LogP contribution in [0.4, 0.5) is 5.95 Å². The van der Waals surface area contributed by atoms with Crippen molar-refractivity contribution in [3.63, 3.8) is 0 Å². The molecule has 0 bridgehead atoms. The Morgan fingerprint density at radius 2 is 1.61 bits per heavy atom. The van der Waals surface area contributed by atoms with Gasteiger partial charge in [-0.2, -0.15) is 0 Å². The summed E-state index contributed by atoms with van der Waals surface area (Å²) in [6, 6.07) is 26.0. The predicted molar refractivity (Wildman–Crippen MR) is 125 cm³/mol. The largest absolute Gasteiger partial charge is 0.329 e. The number of para-hydroxylation sites is 2. The summed E-state index contributed by atoms with van der Waals surface area (Å²) in [5.41, 5.74) is 6.56. The number of nitrogens with zero attached hydrogens (tertiary/aromatic N) is 2. The van der Waals surface area contributed by atoms with E-state index in [4.69, 9.17) is 4.98 Å². The third-order valence-corrected chi connectivity index (χ3v) is 6.03. The number of ketones is 1. The summed E-state index contributed by atoms with van der Waals surface area (Å²) in [6.45, 7) is 6.35. The number of benzene rings is 3. The van der Waals surface area contributed by atoms with Gasteiger partial charge in [0.2, 0.25) is 5.95 Å². The highest BCUT2D eigenvalue weighted by Gasteiger charge is 2.34. The maximum atomic E-state index is 13.7. The first-order chi connectivity index (χ1) is 15.0. The van der Waals surface area contributed by atoms with Gasteiger partial charge in [0.25, 0.3) is 0 Å². The highest BCUT2D eigenvalue weighted by molar-refractivity contribution is 6.11. The van der Waals surface area contributed by atoms with Crippen LogP contribution in [0, 0.1) is 0 Å². The molecule has 0 saturated heterocycles. The second-order valence-electron chi connectivity index (χ2n) is 8.38. The van der Waals surface area contributed by atoms with Crippen molar-refractivity contribution in [2.45, 2.75) is 32.7 Å². The molecule has 1 aromatic heterocycles. The van der Waals surface area contributed by atoms with Crippen molar-refractivity contribution in [3.8, 4) is 0 Å². The van der Waals surface area contributed by atoms with E-state index in [1.54, 1.807) is 0 Å². The van der Waals surface area contributed by atoms with Crippen LogP contribution in [0.2, 0.25) is 0 Å². The summed E-state index contributed by atoms with van der Waals surface area (Å²) in [5.74, 6) is 1.25. The number of anilines is 1. The molecule has 1 N–H and O–H groups in total. The van der Waals surface area contributed by atoms with E-state index in [1.165, 1.54) is 5.56 Å². The molecule has 0 spiro atoms. The molecular weight excluding hydrogens is 382 g/mol. The van der Waals surface area contributed by atoms with Crippen LogP contribution in [-0.2, 0) is 0 Å². The second-order valence-corrected chi connectivity index (χ2v) is 8.38. The van der Waals surface area contributed by atoms with Crippen LogP contribution in [-0.4, -0.2) is 15.3 Å². The van der Waals surface area contributed by atoms with Crippen LogP contribution in [0.15, 0.2) is 90.1 Å². The second kappa shape index (κ2) is 7.55. The number of hydrogen-bond acceptors (Lipinski definition) is 3. The molecule has 0 aliphatic carbocycles. The van der Waals surface area contributed by atoms with Gasteiger partial charge < -0.3 is 5.32 Å². The SMILES string of the molecule is CC1=C(C(=O)c2ccccc2)[C@H](c2ccc(C(C)C)cc2)n2c(nc3ccccc32)N1. The Balaban J connectivity index is 1.73. The van der Waals surface area contributed by atoms with Crippen molar-refractivity contribution in [2.24, 2.45) is 0 Å². The van der Waals surface area contributed by atoms with Crippen molar-refractivity contribution in [1.29, 1.82) is 0 Å². The number of carbonyl (C=O) groups is 1. The molecule has 4 nitrogen and oxygen atoms in total. The van der Waals surface area contributed by atoms with Gasteiger partial charge in [-0.3, -0.25) is 9.36 Å². The standard InChI is InChI=1S/C27H25N3O/c1-17(2)19-13-15-20(16-14-19)25-24(26(31)21-9-5-4-6-10-21)18(3)28-27-29-22-11-7-8-12-23(22)30(25)27/h4-17,25H,1-3H3,(H,28,29)/t25-/m0/s1. The molecule has 0 saturated carbocycles. The van der Waals surface area contributed by atoms with E-state index in [0.717, 1.165) is 33.8 Å². The monoisotopic (exact) mass is 407 g/mol. The molecule has 154 valence electrons. The molecule has 0 radical (unpaired) electrons. The van der Waals surface area contributed by atoms with E-state index in [9.17, 15) is 4.79 Å². The molecule has 2 heterocycles. The quantitative estimate of drug-likeness (QED) is 0.402. The first kappa shape index (κ1) is 19.3. The average molecular weight is 408 g/mol. The number of hydrogen-bond donors (Lipinski definition) is 1. The summed E-state index contributed by atoms with van der Waals surface area (Å²) < 4.78 is 2.16. The Kier molecular flexibility index (Phi) is 4.70. The zero-order valence-electron chi connectivity index (χ0n) is 18.0. The van der Waals surface area contributed by atoms with Gasteiger partial charge in [-0.25, -0.2) is 4.98 Å². The van der Waals surface area contributed by atoms with Crippen LogP contribution < -0.4 is 5.32 Å².